The third kappa shape index (κ3) is 3.95. The normalized spacial score (nSPS) is 21.0. The maximum atomic E-state index is 12.7. The molecule has 1 aromatic heterocycles. The zero-order valence-electron chi connectivity index (χ0n) is 12.9. The highest BCUT2D eigenvalue weighted by atomic mass is 32.2. The van der Waals surface area contributed by atoms with Crippen LogP contribution in [0.5, 0.6) is 0 Å². The Balaban J connectivity index is 2.15. The van der Waals surface area contributed by atoms with E-state index < -0.39 is 10.0 Å². The minimum atomic E-state index is -3.40. The van der Waals surface area contributed by atoms with Gasteiger partial charge in [0.2, 0.25) is 10.0 Å². The second kappa shape index (κ2) is 7.22. The Kier molecular flexibility index (Phi) is 5.58. The molecular formula is C15H25N3O2S. The zero-order chi connectivity index (χ0) is 15.3. The first kappa shape index (κ1) is 16.2. The average Bonchev–Trinajstić information content (AvgIpc) is 2.74. The third-order valence-electron chi connectivity index (χ3n) is 4.13. The summed E-state index contributed by atoms with van der Waals surface area (Å²) in [6.07, 6.45) is 6.97. The van der Waals surface area contributed by atoms with Crippen LogP contribution in [0.2, 0.25) is 0 Å². The number of pyridine rings is 1. The molecule has 0 spiro atoms. The molecule has 0 radical (unpaired) electrons. The lowest BCUT2D eigenvalue weighted by Crippen LogP contribution is -2.32. The smallest absolute Gasteiger partial charge is 0.243 e. The van der Waals surface area contributed by atoms with Crippen molar-refractivity contribution in [2.24, 2.45) is 5.92 Å². The summed E-state index contributed by atoms with van der Waals surface area (Å²) in [6, 6.07) is 3.17. The minimum Gasteiger partial charge on any atom is -0.373 e. The predicted molar refractivity (Wildman–Crippen MR) is 84.8 cm³/mol. The van der Waals surface area contributed by atoms with Crippen molar-refractivity contribution < 1.29 is 8.42 Å². The molecule has 0 aromatic carbocycles. The van der Waals surface area contributed by atoms with E-state index in [9.17, 15) is 8.42 Å². The number of nitrogens with zero attached hydrogens (tertiary/aromatic N) is 2. The highest BCUT2D eigenvalue weighted by molar-refractivity contribution is 7.89. The van der Waals surface area contributed by atoms with Gasteiger partial charge in [0.15, 0.2) is 0 Å². The molecular weight excluding hydrogens is 286 g/mol. The molecule has 1 unspecified atom stereocenters. The van der Waals surface area contributed by atoms with E-state index in [0.29, 0.717) is 29.7 Å². The van der Waals surface area contributed by atoms with Crippen LogP contribution in [0.3, 0.4) is 0 Å². The van der Waals surface area contributed by atoms with Gasteiger partial charge in [-0.3, -0.25) is 0 Å². The van der Waals surface area contributed by atoms with E-state index in [-0.39, 0.29) is 0 Å². The van der Waals surface area contributed by atoms with Crippen LogP contribution in [0.4, 0.5) is 5.82 Å². The van der Waals surface area contributed by atoms with Crippen LogP contribution in [0.15, 0.2) is 23.2 Å². The lowest BCUT2D eigenvalue weighted by atomic mass is 9.96. The fraction of sp³-hybridized carbons (Fsp3) is 0.667. The molecule has 1 aliphatic rings. The first-order valence-electron chi connectivity index (χ1n) is 7.72. The Bertz CT molecular complexity index is 560. The van der Waals surface area contributed by atoms with E-state index in [1.807, 2.05) is 0 Å². The maximum absolute atomic E-state index is 12.7. The van der Waals surface area contributed by atoms with Gasteiger partial charge in [-0.2, -0.15) is 4.31 Å². The van der Waals surface area contributed by atoms with Crippen molar-refractivity contribution >= 4 is 15.8 Å². The summed E-state index contributed by atoms with van der Waals surface area (Å²) in [5.41, 5.74) is 0. The minimum absolute atomic E-state index is 0.329. The number of hydrogen-bond acceptors (Lipinski definition) is 4. The number of sulfonamides is 1. The third-order valence-corrected chi connectivity index (χ3v) is 6.02. The van der Waals surface area contributed by atoms with Crippen LogP contribution >= 0.6 is 0 Å². The number of anilines is 1. The Hall–Kier alpha value is -1.14. The molecule has 1 aromatic rings. The molecule has 2 heterocycles. The van der Waals surface area contributed by atoms with E-state index in [4.69, 9.17) is 0 Å². The van der Waals surface area contributed by atoms with Crippen molar-refractivity contribution in [3.63, 3.8) is 0 Å². The van der Waals surface area contributed by atoms with Crippen LogP contribution in [-0.2, 0) is 10.0 Å². The highest BCUT2D eigenvalue weighted by Crippen LogP contribution is 2.26. The molecule has 0 saturated carbocycles. The van der Waals surface area contributed by atoms with Crippen LogP contribution < -0.4 is 5.32 Å². The van der Waals surface area contributed by atoms with E-state index in [2.05, 4.69) is 17.2 Å². The Morgan fingerprint density at radius 3 is 2.90 bits per heavy atom. The summed E-state index contributed by atoms with van der Waals surface area (Å²) in [5, 5.41) is 2.88. The quantitative estimate of drug-likeness (QED) is 0.908. The molecule has 0 bridgehead atoms. The van der Waals surface area contributed by atoms with Crippen molar-refractivity contribution in [1.29, 1.82) is 0 Å². The van der Waals surface area contributed by atoms with Gasteiger partial charge in [-0.15, -0.1) is 0 Å². The Labute approximate surface area is 127 Å². The van der Waals surface area contributed by atoms with Crippen molar-refractivity contribution in [1.82, 2.24) is 9.29 Å². The molecule has 0 aliphatic carbocycles. The van der Waals surface area contributed by atoms with E-state index in [0.717, 1.165) is 19.3 Å². The standard InChI is InChI=1S/C15H25N3O2S/c1-3-5-13-6-4-10-18(11-8-13)21(19,20)14-7-9-17-15(12-14)16-2/h7,9,12-13H,3-6,8,10-11H2,1-2H3,(H,16,17). The van der Waals surface area contributed by atoms with Crippen molar-refractivity contribution in [2.45, 2.75) is 43.9 Å². The van der Waals surface area contributed by atoms with Crippen LogP contribution in [0.1, 0.15) is 39.0 Å². The fourth-order valence-electron chi connectivity index (χ4n) is 2.93. The van der Waals surface area contributed by atoms with E-state index >= 15 is 0 Å². The predicted octanol–water partition coefficient (Wildman–Crippen LogP) is 2.71. The Morgan fingerprint density at radius 1 is 1.38 bits per heavy atom. The highest BCUT2D eigenvalue weighted by Gasteiger charge is 2.27. The first-order valence-corrected chi connectivity index (χ1v) is 9.16. The maximum Gasteiger partial charge on any atom is 0.243 e. The van der Waals surface area contributed by atoms with E-state index in [1.54, 1.807) is 23.5 Å². The zero-order valence-corrected chi connectivity index (χ0v) is 13.7. The van der Waals surface area contributed by atoms with Gasteiger partial charge < -0.3 is 5.32 Å². The molecule has 0 amide bonds. The number of hydrogen-bond donors (Lipinski definition) is 1. The number of nitrogens with one attached hydrogen (secondary N) is 1. The number of aromatic nitrogens is 1. The Morgan fingerprint density at radius 2 is 2.19 bits per heavy atom. The molecule has 1 atom stereocenters. The van der Waals surface area contributed by atoms with Gasteiger partial charge in [0.05, 0.1) is 4.90 Å². The first-order chi connectivity index (χ1) is 10.1. The van der Waals surface area contributed by atoms with Gasteiger partial charge >= 0.3 is 0 Å². The molecule has 1 N–H and O–H groups in total. The second-order valence-corrected chi connectivity index (χ2v) is 7.55. The largest absolute Gasteiger partial charge is 0.373 e. The summed E-state index contributed by atoms with van der Waals surface area (Å²) in [4.78, 5) is 4.41. The fourth-order valence-corrected chi connectivity index (χ4v) is 4.44. The van der Waals surface area contributed by atoms with Crippen LogP contribution in [-0.4, -0.2) is 37.8 Å². The van der Waals surface area contributed by atoms with Gasteiger partial charge in [0.25, 0.3) is 0 Å². The molecule has 1 aliphatic heterocycles. The van der Waals surface area contributed by atoms with Crippen LogP contribution in [0.25, 0.3) is 0 Å². The summed E-state index contributed by atoms with van der Waals surface area (Å²) < 4.78 is 27.1. The molecule has 1 saturated heterocycles. The molecule has 118 valence electrons. The lowest BCUT2D eigenvalue weighted by molar-refractivity contribution is 0.400. The van der Waals surface area contributed by atoms with Gasteiger partial charge in [0.1, 0.15) is 5.82 Å². The lowest BCUT2D eigenvalue weighted by Gasteiger charge is -2.20. The topological polar surface area (TPSA) is 62.3 Å². The monoisotopic (exact) mass is 311 g/mol. The summed E-state index contributed by atoms with van der Waals surface area (Å²) >= 11 is 0. The molecule has 5 nitrogen and oxygen atoms in total. The van der Waals surface area contributed by atoms with Crippen molar-refractivity contribution in [3.8, 4) is 0 Å². The molecule has 6 heteroatoms. The molecule has 2 rings (SSSR count). The van der Waals surface area contributed by atoms with Gasteiger partial charge in [-0.25, -0.2) is 13.4 Å². The molecule has 1 fully saturated rings. The second-order valence-electron chi connectivity index (χ2n) is 5.62. The van der Waals surface area contributed by atoms with Gasteiger partial charge in [0, 0.05) is 32.4 Å². The van der Waals surface area contributed by atoms with Crippen molar-refractivity contribution in [3.05, 3.63) is 18.3 Å². The SMILES string of the molecule is CCCC1CCCN(S(=O)(=O)c2ccnc(NC)c2)CC1. The van der Waals surface area contributed by atoms with E-state index in [1.165, 1.54) is 19.0 Å². The summed E-state index contributed by atoms with van der Waals surface area (Å²) in [7, 11) is -1.67. The van der Waals surface area contributed by atoms with Gasteiger partial charge in [-0.05, 0) is 31.2 Å². The number of rotatable bonds is 5. The van der Waals surface area contributed by atoms with Gasteiger partial charge in [-0.1, -0.05) is 19.8 Å². The molecule has 21 heavy (non-hydrogen) atoms. The average molecular weight is 311 g/mol. The van der Waals surface area contributed by atoms with Crippen LogP contribution in [0, 0.1) is 5.92 Å². The van der Waals surface area contributed by atoms with Crippen molar-refractivity contribution in [2.75, 3.05) is 25.5 Å². The summed E-state index contributed by atoms with van der Waals surface area (Å²) in [5.74, 6) is 1.25. The summed E-state index contributed by atoms with van der Waals surface area (Å²) in [6.45, 7) is 3.44.